The number of sulfonamides is 1. The van der Waals surface area contributed by atoms with Crippen molar-refractivity contribution in [3.63, 3.8) is 0 Å². The van der Waals surface area contributed by atoms with Crippen LogP contribution in [0.3, 0.4) is 0 Å². The van der Waals surface area contributed by atoms with Crippen LogP contribution >= 0.6 is 0 Å². The van der Waals surface area contributed by atoms with Crippen LogP contribution in [0, 0.1) is 13.8 Å². The predicted octanol–water partition coefficient (Wildman–Crippen LogP) is 2.55. The van der Waals surface area contributed by atoms with Crippen LogP contribution in [0.2, 0.25) is 0 Å². The molecule has 1 heterocycles. The largest absolute Gasteiger partial charge is 0.495 e. The minimum absolute atomic E-state index is 0.0465. The summed E-state index contributed by atoms with van der Waals surface area (Å²) >= 11 is 0. The van der Waals surface area contributed by atoms with Gasteiger partial charge in [-0.15, -0.1) is 0 Å². The van der Waals surface area contributed by atoms with Gasteiger partial charge in [0, 0.05) is 0 Å². The van der Waals surface area contributed by atoms with Gasteiger partial charge in [-0.3, -0.25) is 9.71 Å². The second-order valence-electron chi connectivity index (χ2n) is 5.44. The lowest BCUT2D eigenvalue weighted by atomic mass is 10.2. The zero-order valence-electron chi connectivity index (χ0n) is 13.3. The number of benzene rings is 2. The van der Waals surface area contributed by atoms with Gasteiger partial charge < -0.3 is 9.15 Å². The van der Waals surface area contributed by atoms with Crippen LogP contribution in [0.5, 0.6) is 5.75 Å². The van der Waals surface area contributed by atoms with E-state index in [1.165, 1.54) is 19.2 Å². The van der Waals surface area contributed by atoms with Crippen molar-refractivity contribution >= 4 is 26.8 Å². The lowest BCUT2D eigenvalue weighted by molar-refractivity contribution is 0.402. The highest BCUT2D eigenvalue weighted by atomic mass is 32.2. The molecule has 0 bridgehead atoms. The molecule has 0 aliphatic rings. The Hall–Kier alpha value is -2.74. The summed E-state index contributed by atoms with van der Waals surface area (Å²) in [5.74, 6) is -0.340. The molecule has 2 N–H and O–H groups in total. The van der Waals surface area contributed by atoms with E-state index in [1.807, 2.05) is 0 Å². The number of rotatable bonds is 4. The number of fused-ring (bicyclic) bond motifs is 1. The van der Waals surface area contributed by atoms with Crippen molar-refractivity contribution in [2.45, 2.75) is 18.7 Å². The molecule has 0 unspecified atom stereocenters. The standard InChI is InChI=1S/C16H16N2O5S/c1-9-4-5-13(22-3)15(6-9)24(20,21)18-11-8-12-14(7-10(11)2)23-16(19)17-12/h4-8,18H,1-3H3,(H,17,19). The maximum absolute atomic E-state index is 12.7. The van der Waals surface area contributed by atoms with E-state index in [0.717, 1.165) is 5.56 Å². The summed E-state index contributed by atoms with van der Waals surface area (Å²) in [6.07, 6.45) is 0. The highest BCUT2D eigenvalue weighted by molar-refractivity contribution is 7.92. The summed E-state index contributed by atoms with van der Waals surface area (Å²) in [5, 5.41) is 0. The maximum Gasteiger partial charge on any atom is 0.417 e. The molecule has 3 aromatic rings. The van der Waals surface area contributed by atoms with E-state index in [0.29, 0.717) is 22.4 Å². The predicted molar refractivity (Wildman–Crippen MR) is 90.1 cm³/mol. The minimum atomic E-state index is -3.86. The van der Waals surface area contributed by atoms with Crippen LogP contribution in [0.4, 0.5) is 5.69 Å². The Morgan fingerprint density at radius 2 is 1.92 bits per heavy atom. The van der Waals surface area contributed by atoms with Gasteiger partial charge in [-0.1, -0.05) is 6.07 Å². The van der Waals surface area contributed by atoms with Gasteiger partial charge in [0.2, 0.25) is 0 Å². The molecule has 0 aliphatic heterocycles. The summed E-state index contributed by atoms with van der Waals surface area (Å²) in [6, 6.07) is 8.03. The molecule has 0 spiro atoms. The molecular weight excluding hydrogens is 332 g/mol. The monoisotopic (exact) mass is 348 g/mol. The molecule has 0 saturated heterocycles. The Labute approximate surface area is 138 Å². The quantitative estimate of drug-likeness (QED) is 0.754. The average Bonchev–Trinajstić information content (AvgIpc) is 2.86. The molecule has 7 nitrogen and oxygen atoms in total. The Kier molecular flexibility index (Phi) is 3.84. The molecule has 0 radical (unpaired) electrons. The van der Waals surface area contributed by atoms with E-state index < -0.39 is 15.8 Å². The van der Waals surface area contributed by atoms with Gasteiger partial charge >= 0.3 is 5.76 Å². The Morgan fingerprint density at radius 1 is 1.17 bits per heavy atom. The van der Waals surface area contributed by atoms with Gasteiger partial charge in [-0.05, 0) is 49.2 Å². The Balaban J connectivity index is 2.08. The van der Waals surface area contributed by atoms with E-state index in [-0.39, 0.29) is 10.6 Å². The minimum Gasteiger partial charge on any atom is -0.495 e. The number of H-pyrrole nitrogens is 1. The van der Waals surface area contributed by atoms with Crippen molar-refractivity contribution < 1.29 is 17.6 Å². The summed E-state index contributed by atoms with van der Waals surface area (Å²) in [4.78, 5) is 13.8. The third kappa shape index (κ3) is 2.88. The van der Waals surface area contributed by atoms with Crippen LogP contribution in [-0.2, 0) is 10.0 Å². The van der Waals surface area contributed by atoms with Crippen molar-refractivity contribution in [3.8, 4) is 5.75 Å². The van der Waals surface area contributed by atoms with Crippen LogP contribution in [0.1, 0.15) is 11.1 Å². The third-order valence-corrected chi connectivity index (χ3v) is 5.01. The van der Waals surface area contributed by atoms with E-state index in [2.05, 4.69) is 9.71 Å². The number of methoxy groups -OCH3 is 1. The molecule has 8 heteroatoms. The first-order valence-electron chi connectivity index (χ1n) is 7.11. The molecule has 24 heavy (non-hydrogen) atoms. The van der Waals surface area contributed by atoms with Gasteiger partial charge in [0.15, 0.2) is 5.58 Å². The molecule has 2 aromatic carbocycles. The first-order chi connectivity index (χ1) is 11.3. The van der Waals surface area contributed by atoms with Crippen molar-refractivity contribution in [2.24, 2.45) is 0 Å². The Morgan fingerprint density at radius 3 is 2.62 bits per heavy atom. The fourth-order valence-electron chi connectivity index (χ4n) is 2.40. The van der Waals surface area contributed by atoms with Crippen LogP contribution in [0.15, 0.2) is 44.4 Å². The SMILES string of the molecule is COc1ccc(C)cc1S(=O)(=O)Nc1cc2[nH]c(=O)oc2cc1C. The second kappa shape index (κ2) is 5.72. The lowest BCUT2D eigenvalue weighted by Gasteiger charge is -2.13. The van der Waals surface area contributed by atoms with Crippen molar-refractivity contribution in [2.75, 3.05) is 11.8 Å². The van der Waals surface area contributed by atoms with Gasteiger partial charge in [0.25, 0.3) is 10.0 Å². The van der Waals surface area contributed by atoms with E-state index >= 15 is 0 Å². The number of aryl methyl sites for hydroxylation is 2. The molecule has 0 atom stereocenters. The number of hydrogen-bond acceptors (Lipinski definition) is 5. The molecule has 3 rings (SSSR count). The van der Waals surface area contributed by atoms with Crippen LogP contribution in [-0.4, -0.2) is 20.5 Å². The molecule has 1 aromatic heterocycles. The average molecular weight is 348 g/mol. The number of aromatic amines is 1. The second-order valence-corrected chi connectivity index (χ2v) is 7.09. The van der Waals surface area contributed by atoms with Gasteiger partial charge in [-0.25, -0.2) is 13.2 Å². The number of aromatic nitrogens is 1. The zero-order chi connectivity index (χ0) is 17.5. The van der Waals surface area contributed by atoms with Gasteiger partial charge in [0.1, 0.15) is 10.6 Å². The Bertz CT molecular complexity index is 1080. The molecule has 0 aliphatic carbocycles. The topological polar surface area (TPSA) is 101 Å². The number of anilines is 1. The maximum atomic E-state index is 12.7. The molecule has 126 valence electrons. The lowest BCUT2D eigenvalue weighted by Crippen LogP contribution is -2.15. The number of ether oxygens (including phenoxy) is 1. The molecular formula is C16H16N2O5S. The first-order valence-corrected chi connectivity index (χ1v) is 8.59. The molecule has 0 fully saturated rings. The fraction of sp³-hybridized carbons (Fsp3) is 0.188. The smallest absolute Gasteiger partial charge is 0.417 e. The van der Waals surface area contributed by atoms with Crippen molar-refractivity contribution in [3.05, 3.63) is 52.0 Å². The summed E-state index contributed by atoms with van der Waals surface area (Å²) in [7, 11) is -2.45. The van der Waals surface area contributed by atoms with Crippen molar-refractivity contribution in [1.82, 2.24) is 4.98 Å². The van der Waals surface area contributed by atoms with E-state index in [9.17, 15) is 13.2 Å². The van der Waals surface area contributed by atoms with Crippen molar-refractivity contribution in [1.29, 1.82) is 0 Å². The summed E-state index contributed by atoms with van der Waals surface area (Å²) in [5.41, 5.74) is 2.55. The summed E-state index contributed by atoms with van der Waals surface area (Å²) < 4.78 is 38.1. The van der Waals surface area contributed by atoms with Gasteiger partial charge in [0.05, 0.1) is 18.3 Å². The number of hydrogen-bond donors (Lipinski definition) is 2. The first kappa shape index (κ1) is 16.1. The molecule has 0 amide bonds. The fourth-order valence-corrected chi connectivity index (χ4v) is 3.78. The third-order valence-electron chi connectivity index (χ3n) is 3.62. The highest BCUT2D eigenvalue weighted by Gasteiger charge is 2.21. The number of nitrogens with one attached hydrogen (secondary N) is 2. The summed E-state index contributed by atoms with van der Waals surface area (Å²) in [6.45, 7) is 3.52. The van der Waals surface area contributed by atoms with Gasteiger partial charge in [-0.2, -0.15) is 0 Å². The van der Waals surface area contributed by atoms with E-state index in [4.69, 9.17) is 9.15 Å². The number of oxazole rings is 1. The van der Waals surface area contributed by atoms with E-state index in [1.54, 1.807) is 32.0 Å². The highest BCUT2D eigenvalue weighted by Crippen LogP contribution is 2.29. The normalized spacial score (nSPS) is 11.6. The van der Waals surface area contributed by atoms with Crippen LogP contribution < -0.4 is 15.2 Å². The van der Waals surface area contributed by atoms with Crippen LogP contribution in [0.25, 0.3) is 11.1 Å². The molecule has 0 saturated carbocycles. The zero-order valence-corrected chi connectivity index (χ0v) is 14.2.